The van der Waals surface area contributed by atoms with E-state index < -0.39 is 10.0 Å². The van der Waals surface area contributed by atoms with Crippen molar-refractivity contribution in [2.24, 2.45) is 0 Å². The highest BCUT2D eigenvalue weighted by molar-refractivity contribution is 7.92. The molecule has 2 N–H and O–H groups in total. The number of rotatable bonds is 5. The second-order valence-corrected chi connectivity index (χ2v) is 10.0. The van der Waals surface area contributed by atoms with Crippen molar-refractivity contribution >= 4 is 48.7 Å². The third-order valence-electron chi connectivity index (χ3n) is 5.15. The SMILES string of the molecule is O=C(Nc1ccc(NS(=O)(=O)c2ccc3c(c2)OCCCO3)cc1)c1csc2ccccc12. The van der Waals surface area contributed by atoms with E-state index in [-0.39, 0.29) is 10.8 Å². The summed E-state index contributed by atoms with van der Waals surface area (Å²) in [5.74, 6) is 0.729. The fraction of sp³-hybridized carbons (Fsp3) is 0.125. The van der Waals surface area contributed by atoms with Gasteiger partial charge in [0, 0.05) is 39.3 Å². The minimum Gasteiger partial charge on any atom is -0.490 e. The standard InChI is InChI=1S/C24H20N2O5S2/c27-24(20-15-32-23-5-2-1-4-19(20)23)25-16-6-8-17(9-7-16)26-33(28,29)18-10-11-21-22(14-18)31-13-3-12-30-21/h1-2,4-11,14-15,26H,3,12-13H2,(H,25,27). The van der Waals surface area contributed by atoms with Crippen LogP contribution in [0.15, 0.2) is 77.0 Å². The van der Waals surface area contributed by atoms with Gasteiger partial charge in [0.25, 0.3) is 15.9 Å². The van der Waals surface area contributed by atoms with Gasteiger partial charge >= 0.3 is 0 Å². The number of ether oxygens (including phenoxy) is 2. The molecule has 0 spiro atoms. The van der Waals surface area contributed by atoms with Crippen LogP contribution < -0.4 is 19.5 Å². The summed E-state index contributed by atoms with van der Waals surface area (Å²) in [5.41, 5.74) is 1.55. The average Bonchev–Trinajstić information content (AvgIpc) is 3.10. The number of hydrogen-bond acceptors (Lipinski definition) is 6. The summed E-state index contributed by atoms with van der Waals surface area (Å²) < 4.78 is 40.4. The quantitative estimate of drug-likeness (QED) is 0.414. The number of carbonyl (C=O) groups is 1. The number of amides is 1. The zero-order chi connectivity index (χ0) is 22.8. The van der Waals surface area contributed by atoms with Crippen molar-refractivity contribution in [3.63, 3.8) is 0 Å². The second-order valence-electron chi connectivity index (χ2n) is 7.44. The van der Waals surface area contributed by atoms with Gasteiger partial charge in [-0.2, -0.15) is 0 Å². The Balaban J connectivity index is 1.29. The summed E-state index contributed by atoms with van der Waals surface area (Å²) in [7, 11) is -3.83. The van der Waals surface area contributed by atoms with E-state index in [1.54, 1.807) is 30.3 Å². The minimum atomic E-state index is -3.83. The molecule has 0 bridgehead atoms. The summed E-state index contributed by atoms with van der Waals surface area (Å²) in [6.45, 7) is 1.00. The lowest BCUT2D eigenvalue weighted by Gasteiger charge is -2.12. The first-order valence-electron chi connectivity index (χ1n) is 10.3. The molecular weight excluding hydrogens is 460 g/mol. The number of sulfonamides is 1. The molecular formula is C24H20N2O5S2. The molecule has 1 amide bonds. The topological polar surface area (TPSA) is 93.7 Å². The van der Waals surface area contributed by atoms with Crippen LogP contribution in [0.2, 0.25) is 0 Å². The van der Waals surface area contributed by atoms with Gasteiger partial charge in [0.2, 0.25) is 0 Å². The van der Waals surface area contributed by atoms with Crippen molar-refractivity contribution in [1.82, 2.24) is 0 Å². The number of anilines is 2. The zero-order valence-electron chi connectivity index (χ0n) is 17.4. The maximum atomic E-state index is 12.8. The molecule has 0 saturated carbocycles. The number of benzene rings is 3. The number of thiophene rings is 1. The largest absolute Gasteiger partial charge is 0.490 e. The Labute approximate surface area is 195 Å². The van der Waals surface area contributed by atoms with Gasteiger partial charge in [-0.05, 0) is 42.5 Å². The Kier molecular flexibility index (Phi) is 5.65. The molecule has 2 heterocycles. The molecule has 3 aromatic carbocycles. The maximum absolute atomic E-state index is 12.8. The predicted molar refractivity (Wildman–Crippen MR) is 129 cm³/mol. The van der Waals surface area contributed by atoms with Gasteiger partial charge < -0.3 is 14.8 Å². The normalized spacial score (nSPS) is 13.3. The molecule has 0 aliphatic carbocycles. The number of fused-ring (bicyclic) bond motifs is 2. The van der Waals surface area contributed by atoms with E-state index >= 15 is 0 Å². The first-order valence-corrected chi connectivity index (χ1v) is 12.7. The summed E-state index contributed by atoms with van der Waals surface area (Å²) >= 11 is 1.51. The van der Waals surface area contributed by atoms with Crippen LogP contribution in [0, 0.1) is 0 Å². The van der Waals surface area contributed by atoms with Crippen LogP contribution in [0.5, 0.6) is 11.5 Å². The van der Waals surface area contributed by atoms with Gasteiger partial charge in [0.15, 0.2) is 11.5 Å². The smallest absolute Gasteiger partial charge is 0.262 e. The number of nitrogens with one attached hydrogen (secondary N) is 2. The van der Waals surface area contributed by atoms with E-state index in [0.29, 0.717) is 41.7 Å². The van der Waals surface area contributed by atoms with Crippen LogP contribution in [-0.4, -0.2) is 27.5 Å². The van der Waals surface area contributed by atoms with Gasteiger partial charge in [-0.15, -0.1) is 11.3 Å². The lowest BCUT2D eigenvalue weighted by molar-refractivity contribution is 0.102. The Bertz CT molecular complexity index is 1430. The first kappa shape index (κ1) is 21.3. The Morgan fingerprint density at radius 1 is 0.879 bits per heavy atom. The van der Waals surface area contributed by atoms with E-state index in [1.165, 1.54) is 23.5 Å². The summed E-state index contributed by atoms with van der Waals surface area (Å²) in [4.78, 5) is 12.8. The third-order valence-corrected chi connectivity index (χ3v) is 7.49. The third kappa shape index (κ3) is 4.50. The molecule has 0 atom stereocenters. The van der Waals surface area contributed by atoms with Crippen molar-refractivity contribution in [3.8, 4) is 11.5 Å². The van der Waals surface area contributed by atoms with Crippen molar-refractivity contribution in [2.75, 3.05) is 23.3 Å². The highest BCUT2D eigenvalue weighted by atomic mass is 32.2. The van der Waals surface area contributed by atoms with Crippen LogP contribution >= 0.6 is 11.3 Å². The molecule has 0 fully saturated rings. The van der Waals surface area contributed by atoms with Gasteiger partial charge in [0.05, 0.1) is 23.7 Å². The van der Waals surface area contributed by atoms with Crippen LogP contribution in [0.1, 0.15) is 16.8 Å². The number of hydrogen-bond donors (Lipinski definition) is 2. The number of carbonyl (C=O) groups excluding carboxylic acids is 1. The summed E-state index contributed by atoms with van der Waals surface area (Å²) in [6.07, 6.45) is 0.737. The Hall–Kier alpha value is -3.56. The van der Waals surface area contributed by atoms with Gasteiger partial charge in [-0.1, -0.05) is 18.2 Å². The van der Waals surface area contributed by atoms with Gasteiger partial charge in [0.1, 0.15) is 0 Å². The second kappa shape index (κ2) is 8.76. The fourth-order valence-electron chi connectivity index (χ4n) is 3.50. The molecule has 0 unspecified atom stereocenters. The van der Waals surface area contributed by atoms with Crippen LogP contribution in [-0.2, 0) is 10.0 Å². The van der Waals surface area contributed by atoms with Gasteiger partial charge in [-0.25, -0.2) is 8.42 Å². The molecule has 9 heteroatoms. The molecule has 1 aliphatic heterocycles. The van der Waals surface area contributed by atoms with Crippen molar-refractivity contribution in [2.45, 2.75) is 11.3 Å². The molecule has 1 aromatic heterocycles. The molecule has 168 valence electrons. The van der Waals surface area contributed by atoms with Crippen molar-refractivity contribution in [1.29, 1.82) is 0 Å². The molecule has 5 rings (SSSR count). The highest BCUT2D eigenvalue weighted by Gasteiger charge is 2.19. The van der Waals surface area contributed by atoms with Crippen LogP contribution in [0.3, 0.4) is 0 Å². The molecule has 0 radical (unpaired) electrons. The van der Waals surface area contributed by atoms with E-state index in [4.69, 9.17) is 9.47 Å². The molecule has 33 heavy (non-hydrogen) atoms. The van der Waals surface area contributed by atoms with Gasteiger partial charge in [-0.3, -0.25) is 9.52 Å². The molecule has 0 saturated heterocycles. The molecule has 4 aromatic rings. The fourth-order valence-corrected chi connectivity index (χ4v) is 5.51. The zero-order valence-corrected chi connectivity index (χ0v) is 19.0. The average molecular weight is 481 g/mol. The Morgan fingerprint density at radius 2 is 1.61 bits per heavy atom. The van der Waals surface area contributed by atoms with E-state index in [2.05, 4.69) is 10.0 Å². The van der Waals surface area contributed by atoms with E-state index in [0.717, 1.165) is 16.5 Å². The lowest BCUT2D eigenvalue weighted by Crippen LogP contribution is -2.14. The minimum absolute atomic E-state index is 0.0773. The van der Waals surface area contributed by atoms with Crippen LogP contribution in [0.4, 0.5) is 11.4 Å². The molecule has 1 aliphatic rings. The maximum Gasteiger partial charge on any atom is 0.262 e. The first-order chi connectivity index (χ1) is 16.0. The Morgan fingerprint density at radius 3 is 2.42 bits per heavy atom. The predicted octanol–water partition coefficient (Wildman–Crippen LogP) is 5.12. The van der Waals surface area contributed by atoms with E-state index in [1.807, 2.05) is 29.6 Å². The lowest BCUT2D eigenvalue weighted by atomic mass is 10.1. The highest BCUT2D eigenvalue weighted by Crippen LogP contribution is 2.32. The van der Waals surface area contributed by atoms with Crippen LogP contribution in [0.25, 0.3) is 10.1 Å². The summed E-state index contributed by atoms with van der Waals surface area (Å²) in [5, 5.41) is 5.59. The van der Waals surface area contributed by atoms with E-state index in [9.17, 15) is 13.2 Å². The monoisotopic (exact) mass is 480 g/mol. The van der Waals surface area contributed by atoms with Crippen molar-refractivity contribution in [3.05, 3.63) is 77.7 Å². The summed E-state index contributed by atoms with van der Waals surface area (Å²) in [6, 6.07) is 18.8. The van der Waals surface area contributed by atoms with Crippen molar-refractivity contribution < 1.29 is 22.7 Å². The molecule has 7 nitrogen and oxygen atoms in total.